The summed E-state index contributed by atoms with van der Waals surface area (Å²) in [5.74, 6) is 0.589. The third-order valence-corrected chi connectivity index (χ3v) is 5.60. The number of nitrogens with zero attached hydrogens (tertiary/aromatic N) is 2. The van der Waals surface area contributed by atoms with E-state index in [1.54, 1.807) is 0 Å². The molecule has 0 aliphatic carbocycles. The molecule has 2 unspecified atom stereocenters. The van der Waals surface area contributed by atoms with Crippen molar-refractivity contribution in [2.75, 3.05) is 6.61 Å². The Bertz CT molecular complexity index is 1190. The molecule has 2 atom stereocenters. The fourth-order valence-electron chi connectivity index (χ4n) is 4.25. The van der Waals surface area contributed by atoms with Crippen molar-refractivity contribution in [3.05, 3.63) is 95.8 Å². The van der Waals surface area contributed by atoms with Gasteiger partial charge in [-0.1, -0.05) is 54.6 Å². The summed E-state index contributed by atoms with van der Waals surface area (Å²) >= 11 is 0. The normalized spacial score (nSPS) is 22.6. The Morgan fingerprint density at radius 3 is 2.79 bits per heavy atom. The lowest BCUT2D eigenvalue weighted by Gasteiger charge is -2.32. The topological polar surface area (TPSA) is 45.5 Å². The van der Waals surface area contributed by atoms with Crippen LogP contribution in [0.25, 0.3) is 11.0 Å². The van der Waals surface area contributed by atoms with Crippen molar-refractivity contribution in [3.8, 4) is 5.75 Å². The lowest BCUT2D eigenvalue weighted by atomic mass is 10.0. The second-order valence-electron chi connectivity index (χ2n) is 7.50. The second kappa shape index (κ2) is 6.44. The largest absolute Gasteiger partial charge is 0.489 e. The molecule has 2 bridgehead atoms. The number of aromatic nitrogens is 2. The minimum Gasteiger partial charge on any atom is -0.489 e. The minimum atomic E-state index is -0.992. The van der Waals surface area contributed by atoms with Crippen molar-refractivity contribution in [1.82, 2.24) is 9.55 Å². The van der Waals surface area contributed by atoms with Gasteiger partial charge >= 0.3 is 0 Å². The van der Waals surface area contributed by atoms with E-state index in [9.17, 15) is 0 Å². The van der Waals surface area contributed by atoms with Crippen LogP contribution in [-0.2, 0) is 28.4 Å². The van der Waals surface area contributed by atoms with Crippen molar-refractivity contribution in [3.63, 3.8) is 0 Å². The molecular formula is C24H20N2O3. The first kappa shape index (κ1) is 16.8. The van der Waals surface area contributed by atoms with Crippen LogP contribution in [-0.4, -0.2) is 22.3 Å². The Balaban J connectivity index is 1.39. The molecule has 1 aromatic heterocycles. The van der Waals surface area contributed by atoms with Gasteiger partial charge in [0.2, 0.25) is 0 Å². The van der Waals surface area contributed by atoms with Gasteiger partial charge in [-0.2, -0.15) is 0 Å². The summed E-state index contributed by atoms with van der Waals surface area (Å²) in [5.41, 5.74) is 4.10. The Labute approximate surface area is 168 Å². The highest BCUT2D eigenvalue weighted by Crippen LogP contribution is 2.45. The standard InChI is InChI=1S/C24H20N2O3/c1-2-7-17(8-3-1)15-27-19-10-6-9-18(13-19)24-23-25-21-11-4-5-12-22(21)26(23)14-20(29-24)16-28-24/h1-13,20H,14-16H2. The predicted molar refractivity (Wildman–Crippen MR) is 109 cm³/mol. The smallest absolute Gasteiger partial charge is 0.256 e. The highest BCUT2D eigenvalue weighted by Gasteiger charge is 2.52. The van der Waals surface area contributed by atoms with Crippen molar-refractivity contribution >= 4 is 11.0 Å². The Morgan fingerprint density at radius 1 is 1.00 bits per heavy atom. The van der Waals surface area contributed by atoms with Crippen LogP contribution in [0.4, 0.5) is 0 Å². The molecule has 6 rings (SSSR count). The number of ether oxygens (including phenoxy) is 3. The molecule has 144 valence electrons. The lowest BCUT2D eigenvalue weighted by molar-refractivity contribution is -0.162. The number of imidazole rings is 1. The SMILES string of the molecule is c1ccc(COc2cccc(C34OCC(Cn5c3nc3ccccc35)O4)c2)cc1. The maximum absolute atomic E-state index is 6.38. The molecule has 4 aromatic rings. The zero-order valence-electron chi connectivity index (χ0n) is 15.8. The van der Waals surface area contributed by atoms with Gasteiger partial charge in [0.1, 0.15) is 18.5 Å². The number of para-hydroxylation sites is 2. The molecular weight excluding hydrogens is 364 g/mol. The van der Waals surface area contributed by atoms with E-state index in [2.05, 4.69) is 22.8 Å². The second-order valence-corrected chi connectivity index (χ2v) is 7.50. The third kappa shape index (κ3) is 2.66. The first-order valence-corrected chi connectivity index (χ1v) is 9.87. The van der Waals surface area contributed by atoms with Gasteiger partial charge in [0.05, 0.1) is 24.2 Å². The maximum Gasteiger partial charge on any atom is 0.256 e. The summed E-state index contributed by atoms with van der Waals surface area (Å²) in [7, 11) is 0. The molecule has 3 heterocycles. The van der Waals surface area contributed by atoms with Crippen molar-refractivity contribution in [1.29, 1.82) is 0 Å². The molecule has 3 aromatic carbocycles. The molecule has 5 heteroatoms. The number of fused-ring (bicyclic) bond motifs is 6. The molecule has 0 amide bonds. The zero-order valence-corrected chi connectivity index (χ0v) is 15.8. The Morgan fingerprint density at radius 2 is 1.86 bits per heavy atom. The fourth-order valence-corrected chi connectivity index (χ4v) is 4.25. The molecule has 1 fully saturated rings. The summed E-state index contributed by atoms with van der Waals surface area (Å²) in [6, 6.07) is 26.3. The third-order valence-electron chi connectivity index (χ3n) is 5.60. The molecule has 2 aliphatic heterocycles. The summed E-state index contributed by atoms with van der Waals surface area (Å²) in [4.78, 5) is 4.88. The first-order valence-electron chi connectivity index (χ1n) is 9.87. The van der Waals surface area contributed by atoms with Crippen molar-refractivity contribution in [2.45, 2.75) is 25.0 Å². The van der Waals surface area contributed by atoms with Gasteiger partial charge in [-0.3, -0.25) is 0 Å². The highest BCUT2D eigenvalue weighted by atomic mass is 16.7. The van der Waals surface area contributed by atoms with Crippen LogP contribution in [0.3, 0.4) is 0 Å². The first-order chi connectivity index (χ1) is 14.3. The van der Waals surface area contributed by atoms with Gasteiger partial charge in [-0.15, -0.1) is 0 Å². The average molecular weight is 384 g/mol. The van der Waals surface area contributed by atoms with Crippen LogP contribution in [0.1, 0.15) is 17.0 Å². The maximum atomic E-state index is 6.38. The van der Waals surface area contributed by atoms with Crippen molar-refractivity contribution < 1.29 is 14.2 Å². The van der Waals surface area contributed by atoms with Gasteiger partial charge in [0.15, 0.2) is 5.82 Å². The molecule has 2 aliphatic rings. The molecule has 29 heavy (non-hydrogen) atoms. The van der Waals surface area contributed by atoms with Gasteiger partial charge in [-0.05, 0) is 29.8 Å². The Kier molecular flexibility index (Phi) is 3.72. The van der Waals surface area contributed by atoms with E-state index in [0.717, 1.165) is 40.3 Å². The number of rotatable bonds is 4. The minimum absolute atomic E-state index is 0.00833. The van der Waals surface area contributed by atoms with E-state index < -0.39 is 5.79 Å². The monoisotopic (exact) mass is 384 g/mol. The summed E-state index contributed by atoms with van der Waals surface area (Å²) in [5, 5.41) is 0. The zero-order chi connectivity index (χ0) is 19.3. The molecule has 0 saturated carbocycles. The molecule has 1 saturated heterocycles. The van der Waals surface area contributed by atoms with Gasteiger partial charge in [0.25, 0.3) is 5.79 Å². The molecule has 0 N–H and O–H groups in total. The Hall–Kier alpha value is -3.15. The number of hydrogen-bond acceptors (Lipinski definition) is 4. The number of hydrogen-bond donors (Lipinski definition) is 0. The summed E-state index contributed by atoms with van der Waals surface area (Å²) in [6.45, 7) is 1.81. The van der Waals surface area contributed by atoms with Crippen LogP contribution in [0.5, 0.6) is 5.75 Å². The van der Waals surface area contributed by atoms with E-state index in [1.807, 2.05) is 60.7 Å². The van der Waals surface area contributed by atoms with Crippen molar-refractivity contribution in [2.24, 2.45) is 0 Å². The fraction of sp³-hybridized carbons (Fsp3) is 0.208. The van der Waals surface area contributed by atoms with Gasteiger partial charge in [-0.25, -0.2) is 4.98 Å². The van der Waals surface area contributed by atoms with Crippen LogP contribution in [0, 0.1) is 0 Å². The average Bonchev–Trinajstić information content (AvgIpc) is 3.34. The number of benzene rings is 3. The van der Waals surface area contributed by atoms with E-state index in [-0.39, 0.29) is 6.10 Å². The van der Waals surface area contributed by atoms with Crippen LogP contribution in [0.2, 0.25) is 0 Å². The van der Waals surface area contributed by atoms with Crippen LogP contribution in [0.15, 0.2) is 78.9 Å². The summed E-state index contributed by atoms with van der Waals surface area (Å²) in [6.07, 6.45) is 0.00833. The van der Waals surface area contributed by atoms with E-state index in [0.29, 0.717) is 13.2 Å². The molecule has 5 nitrogen and oxygen atoms in total. The highest BCUT2D eigenvalue weighted by molar-refractivity contribution is 5.76. The quantitative estimate of drug-likeness (QED) is 0.528. The van der Waals surface area contributed by atoms with E-state index >= 15 is 0 Å². The summed E-state index contributed by atoms with van der Waals surface area (Å²) < 4.78 is 20.9. The lowest BCUT2D eigenvalue weighted by Crippen LogP contribution is -2.38. The van der Waals surface area contributed by atoms with Crippen LogP contribution >= 0.6 is 0 Å². The predicted octanol–water partition coefficient (Wildman–Crippen LogP) is 4.25. The van der Waals surface area contributed by atoms with Gasteiger partial charge in [0, 0.05) is 5.56 Å². The van der Waals surface area contributed by atoms with Gasteiger partial charge < -0.3 is 18.8 Å². The van der Waals surface area contributed by atoms with Crippen LogP contribution < -0.4 is 4.74 Å². The molecule has 0 spiro atoms. The van der Waals surface area contributed by atoms with E-state index in [4.69, 9.17) is 19.2 Å². The molecule has 0 radical (unpaired) electrons. The van der Waals surface area contributed by atoms with E-state index in [1.165, 1.54) is 0 Å².